The molecule has 1 unspecified atom stereocenters. The van der Waals surface area contributed by atoms with Crippen LogP contribution in [-0.2, 0) is 16.3 Å². The summed E-state index contributed by atoms with van der Waals surface area (Å²) in [4.78, 5) is 31.0. The molecule has 0 saturated carbocycles. The lowest BCUT2D eigenvalue weighted by Crippen LogP contribution is -2.24. The second kappa shape index (κ2) is 7.12. The molecule has 1 atom stereocenters. The van der Waals surface area contributed by atoms with Crippen molar-refractivity contribution in [3.8, 4) is 0 Å². The minimum absolute atomic E-state index is 0.239. The molecule has 0 aliphatic carbocycles. The maximum Gasteiger partial charge on any atom is 0.255 e. The number of halogens is 3. The molecule has 5 nitrogen and oxygen atoms in total. The summed E-state index contributed by atoms with van der Waals surface area (Å²) < 4.78 is 39.7. The summed E-state index contributed by atoms with van der Waals surface area (Å²) in [5.41, 5.74) is 0.630. The van der Waals surface area contributed by atoms with Crippen LogP contribution in [0, 0.1) is 17.5 Å². The zero-order valence-corrected chi connectivity index (χ0v) is 14.5. The number of rotatable bonds is 4. The molecular formula is C15H12F3N3O2S2. The van der Waals surface area contributed by atoms with Gasteiger partial charge in [-0.25, -0.2) is 18.2 Å². The fourth-order valence-electron chi connectivity index (χ4n) is 2.17. The van der Waals surface area contributed by atoms with E-state index >= 15 is 0 Å². The number of hydrogen-bond donors (Lipinski definition) is 2. The van der Waals surface area contributed by atoms with E-state index in [2.05, 4.69) is 15.3 Å². The van der Waals surface area contributed by atoms with Gasteiger partial charge in [0.2, 0.25) is 5.91 Å². The largest absolute Gasteiger partial charge is 0.323 e. The van der Waals surface area contributed by atoms with Crippen molar-refractivity contribution in [2.75, 3.05) is 5.32 Å². The number of anilines is 1. The molecule has 132 valence electrons. The number of aromatic nitrogens is 2. The number of hydrogen-bond acceptors (Lipinski definition) is 5. The Hall–Kier alpha value is -1.94. The Morgan fingerprint density at radius 2 is 2.08 bits per heavy atom. The highest BCUT2D eigenvalue weighted by Crippen LogP contribution is 2.28. The fraction of sp³-hybridized carbons (Fsp3) is 0.267. The number of nitrogens with one attached hydrogen (secondary N) is 2. The van der Waals surface area contributed by atoms with Crippen LogP contribution in [0.5, 0.6) is 0 Å². The van der Waals surface area contributed by atoms with E-state index < -0.39 is 34.3 Å². The number of amides is 1. The van der Waals surface area contributed by atoms with Gasteiger partial charge in [0.25, 0.3) is 5.56 Å². The summed E-state index contributed by atoms with van der Waals surface area (Å²) in [5, 5.41) is 1.73. The predicted molar refractivity (Wildman–Crippen MR) is 90.1 cm³/mol. The van der Waals surface area contributed by atoms with Crippen LogP contribution in [0.2, 0.25) is 0 Å². The molecule has 0 saturated heterocycles. The number of carbonyl (C=O) groups excluding carboxylic acids is 1. The van der Waals surface area contributed by atoms with Crippen molar-refractivity contribution >= 4 is 35.1 Å². The SMILES string of the molecule is CC(Sc1nc2c(c(=O)[nH]1)CSC2)C(=O)Nc1ccc(F)c(F)c1F. The van der Waals surface area contributed by atoms with Gasteiger partial charge in [-0.15, -0.1) is 0 Å². The number of thioether (sulfide) groups is 2. The van der Waals surface area contributed by atoms with Crippen LogP contribution in [0.3, 0.4) is 0 Å². The molecule has 2 aromatic rings. The van der Waals surface area contributed by atoms with Crippen LogP contribution in [0.1, 0.15) is 18.2 Å². The maximum atomic E-state index is 13.6. The predicted octanol–water partition coefficient (Wildman–Crippen LogP) is 3.05. The van der Waals surface area contributed by atoms with Gasteiger partial charge in [-0.1, -0.05) is 11.8 Å². The van der Waals surface area contributed by atoms with Gasteiger partial charge >= 0.3 is 0 Å². The van der Waals surface area contributed by atoms with Crippen molar-refractivity contribution in [2.45, 2.75) is 28.8 Å². The molecule has 1 aromatic heterocycles. The summed E-state index contributed by atoms with van der Waals surface area (Å²) >= 11 is 2.56. The molecule has 2 heterocycles. The van der Waals surface area contributed by atoms with E-state index in [1.54, 1.807) is 11.8 Å². The Bertz CT molecular complexity index is 904. The normalized spacial score (nSPS) is 14.2. The molecule has 1 aliphatic heterocycles. The van der Waals surface area contributed by atoms with Gasteiger partial charge in [0.15, 0.2) is 22.6 Å². The Labute approximate surface area is 148 Å². The number of H-pyrrole nitrogens is 1. The number of nitrogens with zero attached hydrogens (tertiary/aromatic N) is 1. The summed E-state index contributed by atoms with van der Waals surface area (Å²) in [6, 6.07) is 1.67. The first-order valence-electron chi connectivity index (χ1n) is 7.17. The van der Waals surface area contributed by atoms with Crippen LogP contribution in [0.15, 0.2) is 22.1 Å². The minimum atomic E-state index is -1.65. The van der Waals surface area contributed by atoms with Crippen molar-refractivity contribution in [1.82, 2.24) is 9.97 Å². The van der Waals surface area contributed by atoms with Gasteiger partial charge in [0.1, 0.15) is 0 Å². The van der Waals surface area contributed by atoms with Crippen LogP contribution in [-0.4, -0.2) is 21.1 Å². The summed E-state index contributed by atoms with van der Waals surface area (Å²) in [7, 11) is 0. The maximum absolute atomic E-state index is 13.6. The number of carbonyl (C=O) groups is 1. The topological polar surface area (TPSA) is 74.8 Å². The second-order valence-corrected chi connectivity index (χ2v) is 7.58. The zero-order chi connectivity index (χ0) is 18.1. The van der Waals surface area contributed by atoms with Crippen molar-refractivity contribution in [3.05, 3.63) is 51.2 Å². The second-order valence-electron chi connectivity index (χ2n) is 5.26. The molecule has 10 heteroatoms. The third-order valence-electron chi connectivity index (χ3n) is 3.52. The lowest BCUT2D eigenvalue weighted by Gasteiger charge is -2.12. The molecular weight excluding hydrogens is 375 g/mol. The van der Waals surface area contributed by atoms with Gasteiger partial charge in [-0.05, 0) is 19.1 Å². The van der Waals surface area contributed by atoms with Crippen molar-refractivity contribution in [1.29, 1.82) is 0 Å². The number of fused-ring (bicyclic) bond motifs is 1. The Kier molecular flexibility index (Phi) is 5.09. The van der Waals surface area contributed by atoms with E-state index in [0.717, 1.165) is 23.9 Å². The van der Waals surface area contributed by atoms with Gasteiger partial charge in [-0.3, -0.25) is 9.59 Å². The first-order valence-corrected chi connectivity index (χ1v) is 9.21. The Morgan fingerprint density at radius 3 is 2.84 bits per heavy atom. The molecule has 2 N–H and O–H groups in total. The molecule has 3 rings (SSSR count). The molecule has 0 radical (unpaired) electrons. The van der Waals surface area contributed by atoms with E-state index in [-0.39, 0.29) is 10.7 Å². The summed E-state index contributed by atoms with van der Waals surface area (Å²) in [6.45, 7) is 1.53. The third-order valence-corrected chi connectivity index (χ3v) is 5.47. The molecule has 25 heavy (non-hydrogen) atoms. The lowest BCUT2D eigenvalue weighted by atomic mass is 10.2. The highest BCUT2D eigenvalue weighted by Gasteiger charge is 2.22. The van der Waals surface area contributed by atoms with E-state index in [1.807, 2.05) is 0 Å². The quantitative estimate of drug-likeness (QED) is 0.479. The molecule has 0 bridgehead atoms. The molecule has 0 fully saturated rings. The highest BCUT2D eigenvalue weighted by molar-refractivity contribution is 8.00. The van der Waals surface area contributed by atoms with Gasteiger partial charge in [-0.2, -0.15) is 11.8 Å². The van der Waals surface area contributed by atoms with E-state index in [1.165, 1.54) is 6.92 Å². The van der Waals surface area contributed by atoms with Crippen molar-refractivity contribution in [2.24, 2.45) is 0 Å². The third kappa shape index (κ3) is 3.69. The van der Waals surface area contributed by atoms with E-state index in [0.29, 0.717) is 22.8 Å². The molecule has 0 spiro atoms. The van der Waals surface area contributed by atoms with Crippen LogP contribution in [0.25, 0.3) is 0 Å². The van der Waals surface area contributed by atoms with Gasteiger partial charge < -0.3 is 10.3 Å². The smallest absolute Gasteiger partial charge is 0.255 e. The fourth-order valence-corrected chi connectivity index (χ4v) is 4.02. The monoisotopic (exact) mass is 387 g/mol. The minimum Gasteiger partial charge on any atom is -0.323 e. The summed E-state index contributed by atoms with van der Waals surface area (Å²) in [6.07, 6.45) is 0. The molecule has 1 amide bonds. The Morgan fingerprint density at radius 1 is 1.32 bits per heavy atom. The lowest BCUT2D eigenvalue weighted by molar-refractivity contribution is -0.115. The molecule has 1 aliphatic rings. The van der Waals surface area contributed by atoms with Crippen LogP contribution < -0.4 is 10.9 Å². The van der Waals surface area contributed by atoms with Crippen LogP contribution >= 0.6 is 23.5 Å². The average molecular weight is 387 g/mol. The molecule has 1 aromatic carbocycles. The van der Waals surface area contributed by atoms with Crippen LogP contribution in [0.4, 0.5) is 18.9 Å². The first-order chi connectivity index (χ1) is 11.9. The standard InChI is InChI=1S/C15H12F3N3O2S2/c1-6(13(22)19-9-3-2-8(16)11(17)12(9)18)25-15-20-10-5-24-4-7(10)14(23)21-15/h2-3,6H,4-5H2,1H3,(H,19,22)(H,20,21,23). The average Bonchev–Trinajstić information content (AvgIpc) is 3.04. The van der Waals surface area contributed by atoms with Crippen molar-refractivity contribution in [3.63, 3.8) is 0 Å². The number of benzene rings is 1. The summed E-state index contributed by atoms with van der Waals surface area (Å²) in [5.74, 6) is -3.85. The highest BCUT2D eigenvalue weighted by atomic mass is 32.2. The zero-order valence-electron chi connectivity index (χ0n) is 12.9. The van der Waals surface area contributed by atoms with Gasteiger partial charge in [0, 0.05) is 17.1 Å². The van der Waals surface area contributed by atoms with Gasteiger partial charge in [0.05, 0.1) is 16.6 Å². The van der Waals surface area contributed by atoms with E-state index in [9.17, 15) is 22.8 Å². The number of aromatic amines is 1. The van der Waals surface area contributed by atoms with E-state index in [4.69, 9.17) is 0 Å². The first kappa shape index (κ1) is 17.9. The van der Waals surface area contributed by atoms with Crippen molar-refractivity contribution < 1.29 is 18.0 Å². The Balaban J connectivity index is 1.73.